The zero-order valence-electron chi connectivity index (χ0n) is 11.8. The molecule has 1 amide bonds. The van der Waals surface area contributed by atoms with Gasteiger partial charge in [0.15, 0.2) is 0 Å². The molecule has 1 aromatic heterocycles. The molecule has 21 heavy (non-hydrogen) atoms. The van der Waals surface area contributed by atoms with E-state index in [1.807, 2.05) is 31.2 Å². The lowest BCUT2D eigenvalue weighted by atomic mass is 10.2. The fourth-order valence-electron chi connectivity index (χ4n) is 1.72. The Hall–Kier alpha value is -2.64. The number of hydrogen-bond acceptors (Lipinski definition) is 3. The molecule has 0 fully saturated rings. The van der Waals surface area contributed by atoms with Crippen LogP contribution in [0.4, 0.5) is 5.69 Å². The van der Waals surface area contributed by atoms with Crippen LogP contribution in [0.2, 0.25) is 0 Å². The Balaban J connectivity index is 2.07. The monoisotopic (exact) mass is 280 g/mol. The molecule has 0 aliphatic heterocycles. The van der Waals surface area contributed by atoms with Crippen molar-refractivity contribution < 1.29 is 9.90 Å². The van der Waals surface area contributed by atoms with E-state index in [0.717, 1.165) is 16.8 Å². The smallest absolute Gasteiger partial charge is 0.274 e. The average molecular weight is 280 g/mol. The number of aromatic nitrogens is 1. The summed E-state index contributed by atoms with van der Waals surface area (Å²) in [5.41, 5.74) is 2.83. The fraction of sp³-hybridized carbons (Fsp3) is 0.176. The Morgan fingerprint density at radius 3 is 2.76 bits per heavy atom. The minimum Gasteiger partial charge on any atom is -0.395 e. The number of pyridine rings is 1. The first-order valence-corrected chi connectivity index (χ1v) is 6.63. The lowest BCUT2D eigenvalue weighted by molar-refractivity contribution is 0.102. The number of rotatable bonds is 3. The van der Waals surface area contributed by atoms with E-state index in [0.29, 0.717) is 12.1 Å². The Morgan fingerprint density at radius 2 is 2.10 bits per heavy atom. The van der Waals surface area contributed by atoms with Crippen LogP contribution in [0.25, 0.3) is 0 Å². The molecule has 0 saturated heterocycles. The van der Waals surface area contributed by atoms with Gasteiger partial charge in [-0.1, -0.05) is 30.0 Å². The molecule has 4 nitrogen and oxygen atoms in total. The van der Waals surface area contributed by atoms with Gasteiger partial charge in [0.1, 0.15) is 5.69 Å². The summed E-state index contributed by atoms with van der Waals surface area (Å²) in [6.07, 6.45) is 1.98. The molecule has 106 valence electrons. The Morgan fingerprint density at radius 1 is 1.29 bits per heavy atom. The standard InChI is InChI=1S/C17H16N2O2/c1-13-6-2-3-8-15(13)19-17(21)16-10-9-14(12-18-16)7-4-5-11-20/h2-3,6,8-10,12,20H,5,11H2,1H3,(H,19,21). The van der Waals surface area contributed by atoms with E-state index in [9.17, 15) is 4.79 Å². The minimum atomic E-state index is -0.251. The summed E-state index contributed by atoms with van der Waals surface area (Å²) < 4.78 is 0. The second-order valence-corrected chi connectivity index (χ2v) is 4.48. The topological polar surface area (TPSA) is 62.2 Å². The maximum atomic E-state index is 12.1. The highest BCUT2D eigenvalue weighted by Crippen LogP contribution is 2.14. The van der Waals surface area contributed by atoms with Gasteiger partial charge in [-0.25, -0.2) is 4.98 Å². The number of nitrogens with one attached hydrogen (secondary N) is 1. The number of benzene rings is 1. The van der Waals surface area contributed by atoms with E-state index in [1.54, 1.807) is 18.3 Å². The van der Waals surface area contributed by atoms with Crippen LogP contribution in [0.5, 0.6) is 0 Å². The van der Waals surface area contributed by atoms with Crippen LogP contribution < -0.4 is 5.32 Å². The van der Waals surface area contributed by atoms with E-state index in [-0.39, 0.29) is 12.5 Å². The van der Waals surface area contributed by atoms with Crippen molar-refractivity contribution in [3.8, 4) is 11.8 Å². The molecular weight excluding hydrogens is 264 g/mol. The number of carbonyl (C=O) groups is 1. The van der Waals surface area contributed by atoms with Gasteiger partial charge in [-0.15, -0.1) is 0 Å². The van der Waals surface area contributed by atoms with Gasteiger partial charge in [-0.3, -0.25) is 4.79 Å². The quantitative estimate of drug-likeness (QED) is 0.849. The third kappa shape index (κ3) is 4.16. The predicted octanol–water partition coefficient (Wildman–Crippen LogP) is 2.38. The van der Waals surface area contributed by atoms with E-state index in [1.165, 1.54) is 0 Å². The van der Waals surface area contributed by atoms with Gasteiger partial charge in [0.05, 0.1) is 6.61 Å². The predicted molar refractivity (Wildman–Crippen MR) is 82.0 cm³/mol. The molecule has 4 heteroatoms. The van der Waals surface area contributed by atoms with Gasteiger partial charge in [0.25, 0.3) is 5.91 Å². The van der Waals surface area contributed by atoms with Gasteiger partial charge < -0.3 is 10.4 Å². The SMILES string of the molecule is Cc1ccccc1NC(=O)c1ccc(C#CCCO)cn1. The molecule has 0 atom stereocenters. The minimum absolute atomic E-state index is 0.0390. The molecule has 2 aromatic rings. The van der Waals surface area contributed by atoms with Gasteiger partial charge in [-0.05, 0) is 30.7 Å². The first kappa shape index (κ1) is 14.8. The van der Waals surface area contributed by atoms with Gasteiger partial charge in [-0.2, -0.15) is 0 Å². The number of amides is 1. The number of nitrogens with zero attached hydrogens (tertiary/aromatic N) is 1. The lowest BCUT2D eigenvalue weighted by Gasteiger charge is -2.07. The number of anilines is 1. The maximum Gasteiger partial charge on any atom is 0.274 e. The third-order valence-corrected chi connectivity index (χ3v) is 2.86. The first-order chi connectivity index (χ1) is 10.2. The molecule has 0 unspecified atom stereocenters. The van der Waals surface area contributed by atoms with E-state index >= 15 is 0 Å². The summed E-state index contributed by atoms with van der Waals surface area (Å²) in [6, 6.07) is 10.9. The highest BCUT2D eigenvalue weighted by molar-refractivity contribution is 6.03. The molecule has 2 rings (SSSR count). The van der Waals surface area contributed by atoms with Crippen LogP contribution in [0, 0.1) is 18.8 Å². The van der Waals surface area contributed by atoms with Crippen molar-refractivity contribution in [2.24, 2.45) is 0 Å². The molecule has 0 aliphatic carbocycles. The van der Waals surface area contributed by atoms with Crippen LogP contribution in [0.15, 0.2) is 42.6 Å². The number of aliphatic hydroxyl groups excluding tert-OH is 1. The van der Waals surface area contributed by atoms with Crippen LogP contribution in [0.1, 0.15) is 28.0 Å². The molecule has 0 aliphatic rings. The Labute approximate surface area is 123 Å². The average Bonchev–Trinajstić information content (AvgIpc) is 2.50. The highest BCUT2D eigenvalue weighted by atomic mass is 16.2. The Kier molecular flexibility index (Phi) is 5.08. The molecule has 1 aromatic carbocycles. The molecule has 0 bridgehead atoms. The van der Waals surface area contributed by atoms with Gasteiger partial charge in [0.2, 0.25) is 0 Å². The molecule has 0 spiro atoms. The van der Waals surface area contributed by atoms with Crippen molar-refractivity contribution in [2.75, 3.05) is 11.9 Å². The molecule has 2 N–H and O–H groups in total. The number of carbonyl (C=O) groups excluding carboxylic acids is 1. The van der Waals surface area contributed by atoms with Crippen LogP contribution >= 0.6 is 0 Å². The third-order valence-electron chi connectivity index (χ3n) is 2.86. The molecular formula is C17H16N2O2. The van der Waals surface area contributed by atoms with Crippen molar-refractivity contribution in [2.45, 2.75) is 13.3 Å². The normalized spacial score (nSPS) is 9.62. The second-order valence-electron chi connectivity index (χ2n) is 4.48. The molecule has 1 heterocycles. The summed E-state index contributed by atoms with van der Waals surface area (Å²) in [6.45, 7) is 1.97. The number of hydrogen-bond donors (Lipinski definition) is 2. The number of aryl methyl sites for hydroxylation is 1. The lowest BCUT2D eigenvalue weighted by Crippen LogP contribution is -2.14. The number of para-hydroxylation sites is 1. The van der Waals surface area contributed by atoms with Crippen molar-refractivity contribution >= 4 is 11.6 Å². The van der Waals surface area contributed by atoms with E-state index < -0.39 is 0 Å². The van der Waals surface area contributed by atoms with Gasteiger partial charge in [0, 0.05) is 23.9 Å². The summed E-state index contributed by atoms with van der Waals surface area (Å²) in [5.74, 6) is 5.42. The Bertz CT molecular complexity index is 682. The molecule has 0 saturated carbocycles. The fourth-order valence-corrected chi connectivity index (χ4v) is 1.72. The van der Waals surface area contributed by atoms with Crippen LogP contribution in [0.3, 0.4) is 0 Å². The summed E-state index contributed by atoms with van der Waals surface area (Å²) in [4.78, 5) is 16.2. The summed E-state index contributed by atoms with van der Waals surface area (Å²) in [7, 11) is 0. The highest BCUT2D eigenvalue weighted by Gasteiger charge is 2.08. The summed E-state index contributed by atoms with van der Waals surface area (Å²) >= 11 is 0. The van der Waals surface area contributed by atoms with E-state index in [4.69, 9.17) is 5.11 Å². The van der Waals surface area contributed by atoms with Crippen LogP contribution in [-0.4, -0.2) is 22.6 Å². The van der Waals surface area contributed by atoms with E-state index in [2.05, 4.69) is 22.1 Å². The van der Waals surface area contributed by atoms with Crippen LogP contribution in [-0.2, 0) is 0 Å². The number of aliphatic hydroxyl groups is 1. The zero-order valence-corrected chi connectivity index (χ0v) is 11.8. The van der Waals surface area contributed by atoms with Crippen molar-refractivity contribution in [1.29, 1.82) is 0 Å². The van der Waals surface area contributed by atoms with Gasteiger partial charge >= 0.3 is 0 Å². The van der Waals surface area contributed by atoms with Crippen molar-refractivity contribution in [3.63, 3.8) is 0 Å². The maximum absolute atomic E-state index is 12.1. The largest absolute Gasteiger partial charge is 0.395 e. The zero-order chi connectivity index (χ0) is 15.1. The second kappa shape index (κ2) is 7.22. The summed E-state index contributed by atoms with van der Waals surface area (Å²) in [5, 5.41) is 11.5. The van der Waals surface area contributed by atoms with Crippen molar-refractivity contribution in [1.82, 2.24) is 4.98 Å². The first-order valence-electron chi connectivity index (χ1n) is 6.63. The molecule has 0 radical (unpaired) electrons. The van der Waals surface area contributed by atoms with Crippen molar-refractivity contribution in [3.05, 3.63) is 59.4 Å².